The second-order valence-corrected chi connectivity index (χ2v) is 3.54. The van der Waals surface area contributed by atoms with Gasteiger partial charge in [0.2, 0.25) is 0 Å². The van der Waals surface area contributed by atoms with Gasteiger partial charge in [-0.3, -0.25) is 0 Å². The van der Waals surface area contributed by atoms with Gasteiger partial charge in [-0.1, -0.05) is 0 Å². The SMILES string of the molecule is COC1(OC)OC(C)=CC1(C)C. The van der Waals surface area contributed by atoms with Crippen molar-refractivity contribution in [3.05, 3.63) is 11.8 Å². The van der Waals surface area contributed by atoms with Gasteiger partial charge in [-0.05, 0) is 26.8 Å². The quantitative estimate of drug-likeness (QED) is 0.595. The summed E-state index contributed by atoms with van der Waals surface area (Å²) in [5, 5.41) is 0. The van der Waals surface area contributed by atoms with E-state index in [9.17, 15) is 0 Å². The third-order valence-corrected chi connectivity index (χ3v) is 2.19. The molecule has 0 atom stereocenters. The van der Waals surface area contributed by atoms with Crippen molar-refractivity contribution in [2.75, 3.05) is 14.2 Å². The van der Waals surface area contributed by atoms with E-state index in [4.69, 9.17) is 14.2 Å². The highest BCUT2D eigenvalue weighted by Crippen LogP contribution is 2.44. The molecule has 0 aliphatic carbocycles. The summed E-state index contributed by atoms with van der Waals surface area (Å²) in [6.45, 7) is 5.91. The van der Waals surface area contributed by atoms with Crippen molar-refractivity contribution in [2.45, 2.75) is 26.7 Å². The van der Waals surface area contributed by atoms with E-state index >= 15 is 0 Å². The number of allylic oxidation sites excluding steroid dienone is 1. The maximum absolute atomic E-state index is 5.48. The molecule has 0 saturated heterocycles. The molecule has 0 N–H and O–H groups in total. The fraction of sp³-hybridized carbons (Fsp3) is 0.778. The summed E-state index contributed by atoms with van der Waals surface area (Å²) < 4.78 is 16.0. The minimum absolute atomic E-state index is 0.249. The molecule has 3 nitrogen and oxygen atoms in total. The van der Waals surface area contributed by atoms with Gasteiger partial charge >= 0.3 is 5.97 Å². The predicted octanol–water partition coefficient (Wildman–Crippen LogP) is 1.89. The zero-order chi connectivity index (χ0) is 9.41. The Labute approximate surface area is 73.3 Å². The molecule has 0 aromatic carbocycles. The van der Waals surface area contributed by atoms with Crippen LogP contribution in [0, 0.1) is 5.41 Å². The lowest BCUT2D eigenvalue weighted by atomic mass is 9.91. The number of rotatable bonds is 2. The highest BCUT2D eigenvalue weighted by atomic mass is 16.9. The van der Waals surface area contributed by atoms with Crippen LogP contribution >= 0.6 is 0 Å². The van der Waals surface area contributed by atoms with E-state index in [0.29, 0.717) is 0 Å². The Morgan fingerprint density at radius 1 is 1.25 bits per heavy atom. The van der Waals surface area contributed by atoms with Crippen molar-refractivity contribution in [3.8, 4) is 0 Å². The van der Waals surface area contributed by atoms with E-state index in [1.807, 2.05) is 26.8 Å². The Kier molecular flexibility index (Phi) is 2.19. The molecule has 1 aliphatic heterocycles. The minimum Gasteiger partial charge on any atom is -0.444 e. The predicted molar refractivity (Wildman–Crippen MR) is 45.4 cm³/mol. The Bertz CT molecular complexity index is 202. The largest absolute Gasteiger partial charge is 0.444 e. The second kappa shape index (κ2) is 2.75. The molecule has 0 aromatic heterocycles. The summed E-state index contributed by atoms with van der Waals surface area (Å²) >= 11 is 0. The average molecular weight is 172 g/mol. The Balaban J connectivity index is 2.95. The summed E-state index contributed by atoms with van der Waals surface area (Å²) in [6, 6.07) is 0. The molecule has 0 unspecified atom stereocenters. The molecule has 0 radical (unpaired) electrons. The first kappa shape index (κ1) is 9.55. The fourth-order valence-electron chi connectivity index (χ4n) is 1.66. The van der Waals surface area contributed by atoms with Crippen molar-refractivity contribution >= 4 is 0 Å². The molecule has 0 bridgehead atoms. The topological polar surface area (TPSA) is 27.7 Å². The number of hydrogen-bond acceptors (Lipinski definition) is 3. The summed E-state index contributed by atoms with van der Waals surface area (Å²) in [4.78, 5) is 0. The molecular weight excluding hydrogens is 156 g/mol. The molecular formula is C9H16O3. The van der Waals surface area contributed by atoms with Gasteiger partial charge in [-0.15, -0.1) is 0 Å². The van der Waals surface area contributed by atoms with Crippen LogP contribution in [0.15, 0.2) is 11.8 Å². The van der Waals surface area contributed by atoms with E-state index in [2.05, 4.69) is 0 Å². The number of ether oxygens (including phenoxy) is 3. The number of hydrogen-bond donors (Lipinski definition) is 0. The first-order valence-electron chi connectivity index (χ1n) is 3.96. The minimum atomic E-state index is -0.947. The zero-order valence-corrected chi connectivity index (χ0v) is 8.30. The molecule has 1 aliphatic rings. The second-order valence-electron chi connectivity index (χ2n) is 3.54. The van der Waals surface area contributed by atoms with Crippen LogP contribution in [0.5, 0.6) is 0 Å². The van der Waals surface area contributed by atoms with Crippen LogP contribution in [0.25, 0.3) is 0 Å². The fourth-order valence-corrected chi connectivity index (χ4v) is 1.66. The highest BCUT2D eigenvalue weighted by molar-refractivity contribution is 5.10. The van der Waals surface area contributed by atoms with Crippen molar-refractivity contribution < 1.29 is 14.2 Å². The van der Waals surface area contributed by atoms with Crippen LogP contribution in [-0.2, 0) is 14.2 Å². The van der Waals surface area contributed by atoms with Crippen LogP contribution < -0.4 is 0 Å². The summed E-state index contributed by atoms with van der Waals surface area (Å²) in [7, 11) is 3.16. The van der Waals surface area contributed by atoms with Gasteiger partial charge in [0, 0.05) is 14.2 Å². The van der Waals surface area contributed by atoms with Crippen LogP contribution in [0.2, 0.25) is 0 Å². The van der Waals surface area contributed by atoms with E-state index in [1.54, 1.807) is 14.2 Å². The Morgan fingerprint density at radius 2 is 1.75 bits per heavy atom. The maximum atomic E-state index is 5.48. The molecule has 0 fully saturated rings. The van der Waals surface area contributed by atoms with Gasteiger partial charge in [-0.2, -0.15) is 0 Å². The lowest BCUT2D eigenvalue weighted by molar-refractivity contribution is -0.373. The van der Waals surface area contributed by atoms with Gasteiger partial charge in [0.25, 0.3) is 0 Å². The maximum Gasteiger partial charge on any atom is 0.335 e. The zero-order valence-electron chi connectivity index (χ0n) is 8.30. The monoisotopic (exact) mass is 172 g/mol. The van der Waals surface area contributed by atoms with E-state index in [-0.39, 0.29) is 5.41 Å². The Morgan fingerprint density at radius 3 is 1.92 bits per heavy atom. The normalized spacial score (nSPS) is 24.9. The third-order valence-electron chi connectivity index (χ3n) is 2.19. The summed E-state index contributed by atoms with van der Waals surface area (Å²) in [5.41, 5.74) is -0.249. The van der Waals surface area contributed by atoms with Gasteiger partial charge < -0.3 is 14.2 Å². The van der Waals surface area contributed by atoms with Gasteiger partial charge in [0.05, 0.1) is 11.2 Å². The Hall–Kier alpha value is -0.540. The van der Waals surface area contributed by atoms with Gasteiger partial charge in [0.15, 0.2) is 0 Å². The molecule has 3 heteroatoms. The first-order chi connectivity index (χ1) is 5.47. The molecule has 1 heterocycles. The van der Waals surface area contributed by atoms with E-state index < -0.39 is 5.97 Å². The van der Waals surface area contributed by atoms with Crippen LogP contribution in [0.3, 0.4) is 0 Å². The first-order valence-corrected chi connectivity index (χ1v) is 3.96. The van der Waals surface area contributed by atoms with Gasteiger partial charge in [-0.25, -0.2) is 0 Å². The molecule has 12 heavy (non-hydrogen) atoms. The lowest BCUT2D eigenvalue weighted by Crippen LogP contribution is -2.45. The highest BCUT2D eigenvalue weighted by Gasteiger charge is 2.52. The van der Waals surface area contributed by atoms with Crippen molar-refractivity contribution in [2.24, 2.45) is 5.41 Å². The summed E-state index contributed by atoms with van der Waals surface area (Å²) in [6.07, 6.45) is 2.00. The smallest absolute Gasteiger partial charge is 0.335 e. The van der Waals surface area contributed by atoms with Crippen LogP contribution in [-0.4, -0.2) is 20.2 Å². The summed E-state index contributed by atoms with van der Waals surface area (Å²) in [5.74, 6) is -0.111. The average Bonchev–Trinajstić information content (AvgIpc) is 2.20. The standard InChI is InChI=1S/C9H16O3/c1-7-6-8(2,3)9(10-4,11-5)12-7/h6H,1-5H3. The van der Waals surface area contributed by atoms with Gasteiger partial charge in [0.1, 0.15) is 0 Å². The molecule has 70 valence electrons. The van der Waals surface area contributed by atoms with Crippen LogP contribution in [0.4, 0.5) is 0 Å². The molecule has 0 spiro atoms. The van der Waals surface area contributed by atoms with Crippen molar-refractivity contribution in [1.82, 2.24) is 0 Å². The molecule has 0 amide bonds. The van der Waals surface area contributed by atoms with Crippen LogP contribution in [0.1, 0.15) is 20.8 Å². The lowest BCUT2D eigenvalue weighted by Gasteiger charge is -2.35. The van der Waals surface area contributed by atoms with E-state index in [1.165, 1.54) is 0 Å². The third kappa shape index (κ3) is 1.13. The number of methoxy groups -OCH3 is 2. The van der Waals surface area contributed by atoms with Crippen molar-refractivity contribution in [1.29, 1.82) is 0 Å². The molecule has 0 aromatic rings. The van der Waals surface area contributed by atoms with Crippen molar-refractivity contribution in [3.63, 3.8) is 0 Å². The van der Waals surface area contributed by atoms with E-state index in [0.717, 1.165) is 5.76 Å². The molecule has 0 saturated carbocycles. The molecule has 1 rings (SSSR count).